The van der Waals surface area contributed by atoms with Crippen LogP contribution in [0, 0.1) is 6.92 Å². The summed E-state index contributed by atoms with van der Waals surface area (Å²) in [6.07, 6.45) is 2.49. The monoisotopic (exact) mass is 421 g/mol. The summed E-state index contributed by atoms with van der Waals surface area (Å²) in [5.41, 5.74) is 3.82. The van der Waals surface area contributed by atoms with Gasteiger partial charge >= 0.3 is 0 Å². The van der Waals surface area contributed by atoms with Crippen LogP contribution in [-0.4, -0.2) is 12.4 Å². The first-order valence-electron chi connectivity index (χ1n) is 10.4. The molecule has 1 N–H and O–H groups in total. The Bertz CT molecular complexity index is 934. The standard InChI is InChI=1S/C26H28ClNO2/c1-3-4-17-30-24-15-9-20(10-16-24)25(28-23-13-11-22(27)12-14-23)18-26(29)21-7-5-19(2)6-8-21/h5-16,25,28H,3-4,17-18H2,1-2H3/t25-/m0/s1. The molecule has 0 saturated heterocycles. The summed E-state index contributed by atoms with van der Waals surface area (Å²) in [6, 6.07) is 23.1. The molecule has 0 fully saturated rings. The summed E-state index contributed by atoms with van der Waals surface area (Å²) < 4.78 is 5.77. The molecule has 0 aliphatic heterocycles. The summed E-state index contributed by atoms with van der Waals surface area (Å²) in [5.74, 6) is 0.951. The zero-order valence-electron chi connectivity index (χ0n) is 17.5. The van der Waals surface area contributed by atoms with Crippen molar-refractivity contribution in [2.24, 2.45) is 0 Å². The number of benzene rings is 3. The Balaban J connectivity index is 1.78. The minimum absolute atomic E-state index is 0.102. The third kappa shape index (κ3) is 6.36. The first-order valence-corrected chi connectivity index (χ1v) is 10.8. The first kappa shape index (κ1) is 21.9. The Kier molecular flexibility index (Phi) is 7.92. The van der Waals surface area contributed by atoms with Gasteiger partial charge in [0.15, 0.2) is 5.78 Å². The number of ether oxygens (including phenoxy) is 1. The van der Waals surface area contributed by atoms with E-state index < -0.39 is 0 Å². The van der Waals surface area contributed by atoms with Crippen LogP contribution in [0.2, 0.25) is 5.02 Å². The third-order valence-corrected chi connectivity index (χ3v) is 5.25. The Hall–Kier alpha value is -2.78. The van der Waals surface area contributed by atoms with E-state index in [1.54, 1.807) is 0 Å². The fourth-order valence-corrected chi connectivity index (χ4v) is 3.30. The van der Waals surface area contributed by atoms with E-state index in [0.29, 0.717) is 18.1 Å². The van der Waals surface area contributed by atoms with E-state index in [1.807, 2.05) is 79.7 Å². The van der Waals surface area contributed by atoms with Gasteiger partial charge in [0.05, 0.1) is 12.6 Å². The summed E-state index contributed by atoms with van der Waals surface area (Å²) in [7, 11) is 0. The van der Waals surface area contributed by atoms with Crippen LogP contribution < -0.4 is 10.1 Å². The molecule has 0 spiro atoms. The van der Waals surface area contributed by atoms with Crippen molar-refractivity contribution in [1.29, 1.82) is 0 Å². The molecule has 3 aromatic rings. The molecule has 0 aromatic heterocycles. The molecule has 0 radical (unpaired) electrons. The quantitative estimate of drug-likeness (QED) is 0.276. The highest BCUT2D eigenvalue weighted by atomic mass is 35.5. The van der Waals surface area contributed by atoms with Crippen LogP contribution in [0.25, 0.3) is 0 Å². The van der Waals surface area contributed by atoms with Crippen molar-refractivity contribution in [2.45, 2.75) is 39.2 Å². The van der Waals surface area contributed by atoms with Crippen LogP contribution in [0.15, 0.2) is 72.8 Å². The topological polar surface area (TPSA) is 38.3 Å². The molecule has 0 bridgehead atoms. The van der Waals surface area contributed by atoms with E-state index >= 15 is 0 Å². The molecule has 156 valence electrons. The Morgan fingerprint density at radius 1 is 0.967 bits per heavy atom. The number of rotatable bonds is 10. The normalized spacial score (nSPS) is 11.7. The number of halogens is 1. The number of ketones is 1. The van der Waals surface area contributed by atoms with Gasteiger partial charge in [-0.2, -0.15) is 0 Å². The van der Waals surface area contributed by atoms with Crippen molar-refractivity contribution in [3.05, 3.63) is 94.5 Å². The van der Waals surface area contributed by atoms with Crippen LogP contribution in [0.4, 0.5) is 5.69 Å². The van der Waals surface area contributed by atoms with Crippen LogP contribution in [0.5, 0.6) is 5.75 Å². The number of carbonyl (C=O) groups is 1. The summed E-state index contributed by atoms with van der Waals surface area (Å²) >= 11 is 6.02. The highest BCUT2D eigenvalue weighted by Gasteiger charge is 2.18. The molecule has 3 rings (SSSR count). The average Bonchev–Trinajstić information content (AvgIpc) is 2.76. The molecule has 0 saturated carbocycles. The molecular formula is C26H28ClNO2. The molecule has 0 heterocycles. The number of Topliss-reactive ketones (excluding diaryl/α,β-unsaturated/α-hetero) is 1. The Labute approximate surface area is 184 Å². The molecule has 3 aromatic carbocycles. The number of hydrogen-bond acceptors (Lipinski definition) is 3. The summed E-state index contributed by atoms with van der Waals surface area (Å²) in [6.45, 7) is 4.88. The molecule has 0 amide bonds. The zero-order valence-corrected chi connectivity index (χ0v) is 18.3. The average molecular weight is 422 g/mol. The molecule has 0 aliphatic carbocycles. The van der Waals surface area contributed by atoms with Crippen molar-refractivity contribution in [1.82, 2.24) is 0 Å². The first-order chi connectivity index (χ1) is 14.5. The molecule has 0 aliphatic rings. The second-order valence-electron chi connectivity index (χ2n) is 7.47. The number of nitrogens with one attached hydrogen (secondary N) is 1. The van der Waals surface area contributed by atoms with Crippen molar-refractivity contribution >= 4 is 23.1 Å². The van der Waals surface area contributed by atoms with E-state index in [-0.39, 0.29) is 11.8 Å². The largest absolute Gasteiger partial charge is 0.494 e. The van der Waals surface area contributed by atoms with Crippen molar-refractivity contribution < 1.29 is 9.53 Å². The van der Waals surface area contributed by atoms with E-state index in [9.17, 15) is 4.79 Å². The van der Waals surface area contributed by atoms with Crippen LogP contribution >= 0.6 is 11.6 Å². The van der Waals surface area contributed by atoms with Crippen molar-refractivity contribution in [3.8, 4) is 5.75 Å². The molecule has 30 heavy (non-hydrogen) atoms. The second-order valence-corrected chi connectivity index (χ2v) is 7.90. The van der Waals surface area contributed by atoms with E-state index in [2.05, 4.69) is 12.2 Å². The fourth-order valence-electron chi connectivity index (χ4n) is 3.17. The van der Waals surface area contributed by atoms with Crippen LogP contribution in [-0.2, 0) is 0 Å². The lowest BCUT2D eigenvalue weighted by Crippen LogP contribution is -2.16. The van der Waals surface area contributed by atoms with Gasteiger partial charge in [0.1, 0.15) is 5.75 Å². The Morgan fingerprint density at radius 2 is 1.63 bits per heavy atom. The number of hydrogen-bond donors (Lipinski definition) is 1. The highest BCUT2D eigenvalue weighted by Crippen LogP contribution is 2.27. The number of unbranched alkanes of at least 4 members (excludes halogenated alkanes) is 1. The van der Waals surface area contributed by atoms with Gasteiger partial charge < -0.3 is 10.1 Å². The lowest BCUT2D eigenvalue weighted by molar-refractivity contribution is 0.0976. The molecule has 4 heteroatoms. The number of anilines is 1. The smallest absolute Gasteiger partial charge is 0.165 e. The predicted octanol–water partition coefficient (Wildman–Crippen LogP) is 7.25. The van der Waals surface area contributed by atoms with Gasteiger partial charge in [-0.1, -0.05) is 66.9 Å². The van der Waals surface area contributed by atoms with Gasteiger partial charge in [0.25, 0.3) is 0 Å². The predicted molar refractivity (Wildman–Crippen MR) is 125 cm³/mol. The third-order valence-electron chi connectivity index (χ3n) is 5.00. The lowest BCUT2D eigenvalue weighted by Gasteiger charge is -2.21. The summed E-state index contributed by atoms with van der Waals surface area (Å²) in [4.78, 5) is 12.9. The van der Waals surface area contributed by atoms with Gasteiger partial charge in [-0.3, -0.25) is 4.79 Å². The number of carbonyl (C=O) groups excluding carboxylic acids is 1. The van der Waals surface area contributed by atoms with Gasteiger partial charge in [0.2, 0.25) is 0 Å². The number of aryl methyl sites for hydroxylation is 1. The maximum atomic E-state index is 12.9. The maximum Gasteiger partial charge on any atom is 0.165 e. The van der Waals surface area contributed by atoms with E-state index in [4.69, 9.17) is 16.3 Å². The van der Waals surface area contributed by atoms with Gasteiger partial charge in [-0.25, -0.2) is 0 Å². The summed E-state index contributed by atoms with van der Waals surface area (Å²) in [5, 5.41) is 4.17. The maximum absolute atomic E-state index is 12.9. The second kappa shape index (κ2) is 10.8. The van der Waals surface area contributed by atoms with Gasteiger partial charge in [-0.15, -0.1) is 0 Å². The van der Waals surface area contributed by atoms with Crippen LogP contribution in [0.1, 0.15) is 53.7 Å². The lowest BCUT2D eigenvalue weighted by atomic mass is 9.97. The van der Waals surface area contributed by atoms with Gasteiger partial charge in [-0.05, 0) is 55.3 Å². The molecule has 0 unspecified atom stereocenters. The van der Waals surface area contributed by atoms with Crippen molar-refractivity contribution in [2.75, 3.05) is 11.9 Å². The van der Waals surface area contributed by atoms with Gasteiger partial charge in [0, 0.05) is 22.7 Å². The Morgan fingerprint density at radius 3 is 2.27 bits per heavy atom. The molecule has 3 nitrogen and oxygen atoms in total. The molecule has 1 atom stereocenters. The fraction of sp³-hybridized carbons (Fsp3) is 0.269. The van der Waals surface area contributed by atoms with E-state index in [0.717, 1.165) is 41.0 Å². The minimum atomic E-state index is -0.162. The van der Waals surface area contributed by atoms with E-state index in [1.165, 1.54) is 0 Å². The zero-order chi connectivity index (χ0) is 21.3. The molecular weight excluding hydrogens is 394 g/mol. The van der Waals surface area contributed by atoms with Crippen LogP contribution in [0.3, 0.4) is 0 Å². The van der Waals surface area contributed by atoms with Crippen molar-refractivity contribution in [3.63, 3.8) is 0 Å². The SMILES string of the molecule is CCCCOc1ccc([C@H](CC(=O)c2ccc(C)cc2)Nc2ccc(Cl)cc2)cc1. The minimum Gasteiger partial charge on any atom is -0.494 e. The highest BCUT2D eigenvalue weighted by molar-refractivity contribution is 6.30.